The van der Waals surface area contributed by atoms with Crippen LogP contribution in [0.25, 0.3) is 28.0 Å². The zero-order valence-corrected chi connectivity index (χ0v) is 17.4. The Balaban J connectivity index is 1.52. The number of hydrogen-bond acceptors (Lipinski definition) is 0. The smallest absolute Gasteiger partial charge is 0.121 e. The second-order valence-corrected chi connectivity index (χ2v) is 9.01. The molecule has 29 heavy (non-hydrogen) atoms. The molecular formula is C26H25ClN2. The highest BCUT2D eigenvalue weighted by Gasteiger charge is 2.22. The fourth-order valence-corrected chi connectivity index (χ4v) is 5.44. The monoisotopic (exact) mass is 400 g/mol. The van der Waals surface area contributed by atoms with Gasteiger partial charge < -0.3 is 8.97 Å². The Hall–Kier alpha value is -2.45. The fraction of sp³-hybridized carbons (Fsp3) is 0.308. The largest absolute Gasteiger partial charge is 0.325 e. The van der Waals surface area contributed by atoms with E-state index in [9.17, 15) is 0 Å². The van der Waals surface area contributed by atoms with Crippen molar-refractivity contribution >= 4 is 17.2 Å². The summed E-state index contributed by atoms with van der Waals surface area (Å²) in [7, 11) is 0. The van der Waals surface area contributed by atoms with Crippen LogP contribution < -0.4 is 0 Å². The lowest BCUT2D eigenvalue weighted by atomic mass is 9.88. The molecule has 0 amide bonds. The van der Waals surface area contributed by atoms with Crippen molar-refractivity contribution in [3.63, 3.8) is 0 Å². The Labute approximate surface area is 176 Å². The van der Waals surface area contributed by atoms with Gasteiger partial charge in [-0.2, -0.15) is 0 Å². The molecular weight excluding hydrogens is 376 g/mol. The maximum absolute atomic E-state index is 6.12. The van der Waals surface area contributed by atoms with Gasteiger partial charge in [0.25, 0.3) is 0 Å². The van der Waals surface area contributed by atoms with E-state index in [-0.39, 0.29) is 0 Å². The van der Waals surface area contributed by atoms with E-state index in [4.69, 9.17) is 11.6 Å². The number of fused-ring (bicyclic) bond motifs is 1. The molecule has 0 spiro atoms. The molecule has 0 radical (unpaired) electrons. The summed E-state index contributed by atoms with van der Waals surface area (Å²) in [6.45, 7) is 1.08. The van der Waals surface area contributed by atoms with Gasteiger partial charge in [-0.15, -0.1) is 0 Å². The lowest BCUT2D eigenvalue weighted by molar-refractivity contribution is 0.647. The molecule has 0 saturated heterocycles. The summed E-state index contributed by atoms with van der Waals surface area (Å²) in [5.41, 5.74) is 11.4. The SMILES string of the molecule is Clc1ccc(-c2cn3cc(-c4ccc5c(c4)CCCC5)c4c3n2CCCC4)cc1. The minimum absolute atomic E-state index is 0.790. The highest BCUT2D eigenvalue weighted by atomic mass is 35.5. The molecule has 0 unspecified atom stereocenters. The third-order valence-corrected chi connectivity index (χ3v) is 7.03. The van der Waals surface area contributed by atoms with Crippen LogP contribution in [0.1, 0.15) is 42.4 Å². The van der Waals surface area contributed by atoms with Crippen molar-refractivity contribution in [3.05, 3.63) is 76.6 Å². The molecule has 3 heterocycles. The predicted molar refractivity (Wildman–Crippen MR) is 121 cm³/mol. The Morgan fingerprint density at radius 3 is 2.34 bits per heavy atom. The third kappa shape index (κ3) is 2.85. The van der Waals surface area contributed by atoms with Crippen LogP contribution in [-0.2, 0) is 25.8 Å². The number of nitrogens with zero attached hydrogens (tertiary/aromatic N) is 2. The molecule has 0 bridgehead atoms. The second-order valence-electron chi connectivity index (χ2n) is 8.57. The normalized spacial score (nSPS) is 16.0. The molecule has 0 atom stereocenters. The maximum atomic E-state index is 6.12. The van der Waals surface area contributed by atoms with E-state index in [0.717, 1.165) is 18.0 Å². The van der Waals surface area contributed by atoms with Crippen molar-refractivity contribution in [2.75, 3.05) is 0 Å². The van der Waals surface area contributed by atoms with E-state index < -0.39 is 0 Å². The lowest BCUT2D eigenvalue weighted by Crippen LogP contribution is -2.02. The van der Waals surface area contributed by atoms with Crippen LogP contribution in [0.5, 0.6) is 0 Å². The Morgan fingerprint density at radius 2 is 1.48 bits per heavy atom. The highest BCUT2D eigenvalue weighted by Crippen LogP contribution is 2.37. The van der Waals surface area contributed by atoms with Gasteiger partial charge in [0.1, 0.15) is 5.65 Å². The van der Waals surface area contributed by atoms with Crippen molar-refractivity contribution in [1.29, 1.82) is 0 Å². The van der Waals surface area contributed by atoms with Gasteiger partial charge >= 0.3 is 0 Å². The van der Waals surface area contributed by atoms with Gasteiger partial charge in [0.15, 0.2) is 0 Å². The third-order valence-electron chi connectivity index (χ3n) is 6.77. The zero-order valence-electron chi connectivity index (χ0n) is 16.6. The van der Waals surface area contributed by atoms with E-state index >= 15 is 0 Å². The average molecular weight is 401 g/mol. The Morgan fingerprint density at radius 1 is 0.724 bits per heavy atom. The topological polar surface area (TPSA) is 9.34 Å². The second kappa shape index (κ2) is 6.81. The van der Waals surface area contributed by atoms with E-state index in [0.29, 0.717) is 0 Å². The standard InChI is InChI=1S/C26H25ClN2/c27-22-12-10-19(11-13-22)25-17-28-16-24(23-7-3-4-14-29(25)26(23)28)21-9-8-18-5-1-2-6-20(18)15-21/h8-13,15-17H,1-7,14H2. The zero-order chi connectivity index (χ0) is 19.4. The molecule has 0 saturated carbocycles. The Bertz CT molecular complexity index is 1210. The van der Waals surface area contributed by atoms with Crippen LogP contribution in [0.3, 0.4) is 0 Å². The summed E-state index contributed by atoms with van der Waals surface area (Å²) < 4.78 is 4.88. The highest BCUT2D eigenvalue weighted by molar-refractivity contribution is 6.30. The van der Waals surface area contributed by atoms with Gasteiger partial charge in [0.05, 0.1) is 5.69 Å². The summed E-state index contributed by atoms with van der Waals surface area (Å²) in [6.07, 6.45) is 13.4. The quantitative estimate of drug-likeness (QED) is 0.344. The molecule has 2 aromatic heterocycles. The minimum atomic E-state index is 0.790. The Kier molecular flexibility index (Phi) is 4.09. The molecule has 3 heteroatoms. The van der Waals surface area contributed by atoms with Crippen molar-refractivity contribution in [2.45, 2.75) is 51.5 Å². The van der Waals surface area contributed by atoms with E-state index in [2.05, 4.69) is 51.7 Å². The number of halogens is 1. The van der Waals surface area contributed by atoms with Crippen molar-refractivity contribution in [1.82, 2.24) is 8.97 Å². The van der Waals surface area contributed by atoms with Crippen LogP contribution in [0.15, 0.2) is 54.9 Å². The first kappa shape index (κ1) is 17.4. The molecule has 4 aromatic rings. The van der Waals surface area contributed by atoms with Gasteiger partial charge in [-0.1, -0.05) is 41.9 Å². The van der Waals surface area contributed by atoms with Gasteiger partial charge in [0.2, 0.25) is 0 Å². The van der Waals surface area contributed by atoms with Crippen molar-refractivity contribution in [3.8, 4) is 22.4 Å². The van der Waals surface area contributed by atoms with Crippen molar-refractivity contribution in [2.24, 2.45) is 0 Å². The van der Waals surface area contributed by atoms with Crippen molar-refractivity contribution < 1.29 is 0 Å². The molecule has 2 nitrogen and oxygen atoms in total. The van der Waals surface area contributed by atoms with Gasteiger partial charge in [-0.3, -0.25) is 0 Å². The summed E-state index contributed by atoms with van der Waals surface area (Å²) in [4.78, 5) is 0. The molecule has 146 valence electrons. The van der Waals surface area contributed by atoms with Gasteiger partial charge in [0, 0.05) is 35.1 Å². The molecule has 6 rings (SSSR count). The molecule has 0 N–H and O–H groups in total. The number of rotatable bonds is 2. The average Bonchev–Trinajstić information content (AvgIpc) is 3.18. The van der Waals surface area contributed by atoms with Crippen LogP contribution in [0.2, 0.25) is 5.02 Å². The molecule has 2 aromatic carbocycles. The van der Waals surface area contributed by atoms with Crippen LogP contribution in [-0.4, -0.2) is 8.97 Å². The number of aryl methyl sites for hydroxylation is 4. The van der Waals surface area contributed by atoms with Gasteiger partial charge in [-0.25, -0.2) is 0 Å². The molecule has 0 fully saturated rings. The van der Waals surface area contributed by atoms with Gasteiger partial charge in [-0.05, 0) is 79.3 Å². The molecule has 2 aliphatic rings. The first-order valence-corrected chi connectivity index (χ1v) is 11.3. The van der Waals surface area contributed by atoms with E-state index in [1.54, 1.807) is 11.1 Å². The summed E-state index contributed by atoms with van der Waals surface area (Å²) in [5, 5.41) is 0.790. The summed E-state index contributed by atoms with van der Waals surface area (Å²) in [5.74, 6) is 0. The first-order valence-electron chi connectivity index (χ1n) is 10.9. The number of aromatic nitrogens is 2. The minimum Gasteiger partial charge on any atom is -0.325 e. The van der Waals surface area contributed by atoms with Crippen LogP contribution in [0, 0.1) is 0 Å². The molecule has 1 aliphatic carbocycles. The summed E-state index contributed by atoms with van der Waals surface area (Å²) >= 11 is 6.12. The fourth-order valence-electron chi connectivity index (χ4n) is 5.32. The maximum Gasteiger partial charge on any atom is 0.121 e. The number of imidazole rings is 1. The van der Waals surface area contributed by atoms with Crippen LogP contribution in [0.4, 0.5) is 0 Å². The predicted octanol–water partition coefficient (Wildman–Crippen LogP) is 6.94. The van der Waals surface area contributed by atoms with E-state index in [1.807, 2.05) is 12.1 Å². The summed E-state index contributed by atoms with van der Waals surface area (Å²) in [6, 6.07) is 15.4. The lowest BCUT2D eigenvalue weighted by Gasteiger charge is -2.16. The number of hydrogen-bond donors (Lipinski definition) is 0. The molecule has 1 aliphatic heterocycles. The first-order chi connectivity index (χ1) is 14.3. The van der Waals surface area contributed by atoms with Crippen LogP contribution >= 0.6 is 11.6 Å². The number of benzene rings is 2. The van der Waals surface area contributed by atoms with E-state index in [1.165, 1.54) is 72.1 Å².